The van der Waals surface area contributed by atoms with Crippen LogP contribution >= 0.6 is 23.8 Å². The van der Waals surface area contributed by atoms with E-state index in [2.05, 4.69) is 15.5 Å². The van der Waals surface area contributed by atoms with E-state index >= 15 is 0 Å². The van der Waals surface area contributed by atoms with Crippen LogP contribution < -0.4 is 11.1 Å². The predicted molar refractivity (Wildman–Crippen MR) is 78.6 cm³/mol. The van der Waals surface area contributed by atoms with Gasteiger partial charge in [-0.05, 0) is 18.6 Å². The number of rotatable bonds is 3. The number of nitrogens with two attached hydrogens (primary N) is 1. The van der Waals surface area contributed by atoms with E-state index < -0.39 is 0 Å². The molecule has 98 valence electrons. The normalized spacial score (nSPS) is 10.2. The number of halogens is 1. The highest BCUT2D eigenvalue weighted by Gasteiger charge is 2.15. The van der Waals surface area contributed by atoms with E-state index in [1.165, 1.54) is 6.20 Å². The molecule has 0 spiro atoms. The first-order chi connectivity index (χ1) is 9.00. The molecule has 0 aliphatic heterocycles. The summed E-state index contributed by atoms with van der Waals surface area (Å²) in [5, 5.41) is 9.48. The Morgan fingerprint density at radius 3 is 2.89 bits per heavy atom. The molecule has 19 heavy (non-hydrogen) atoms. The van der Waals surface area contributed by atoms with Crippen LogP contribution in [0.5, 0.6) is 0 Å². The third-order valence-electron chi connectivity index (χ3n) is 2.58. The van der Waals surface area contributed by atoms with Crippen LogP contribution in [-0.2, 0) is 0 Å². The van der Waals surface area contributed by atoms with Crippen molar-refractivity contribution in [1.82, 2.24) is 10.2 Å². The zero-order valence-corrected chi connectivity index (χ0v) is 11.6. The fraction of sp³-hybridized carbons (Fsp3) is 0.0833. The lowest BCUT2D eigenvalue weighted by Crippen LogP contribution is -2.17. The van der Waals surface area contributed by atoms with E-state index in [9.17, 15) is 4.79 Å². The third-order valence-corrected chi connectivity index (χ3v) is 3.30. The van der Waals surface area contributed by atoms with Gasteiger partial charge in [-0.1, -0.05) is 36.0 Å². The van der Waals surface area contributed by atoms with Crippen LogP contribution in [0.3, 0.4) is 0 Å². The number of carbonyl (C=O) groups excluding carboxylic acids is 1. The van der Waals surface area contributed by atoms with Crippen molar-refractivity contribution in [1.29, 1.82) is 0 Å². The minimum atomic E-state index is -0.351. The maximum Gasteiger partial charge on any atom is 0.258 e. The Morgan fingerprint density at radius 2 is 2.21 bits per heavy atom. The van der Waals surface area contributed by atoms with Crippen molar-refractivity contribution in [2.75, 3.05) is 5.32 Å². The first-order valence-corrected chi connectivity index (χ1v) is 6.19. The summed E-state index contributed by atoms with van der Waals surface area (Å²) in [7, 11) is 0. The maximum absolute atomic E-state index is 12.1. The van der Waals surface area contributed by atoms with E-state index in [4.69, 9.17) is 29.6 Å². The highest BCUT2D eigenvalue weighted by Crippen LogP contribution is 2.21. The SMILES string of the molecule is Cc1cccc(C(=O)Nc2[nH]ncc2C(N)=S)c1Cl. The van der Waals surface area contributed by atoms with Gasteiger partial charge in [-0.25, -0.2) is 0 Å². The highest BCUT2D eigenvalue weighted by atomic mass is 35.5. The number of thiocarbonyl (C=S) groups is 1. The Labute approximate surface area is 120 Å². The lowest BCUT2D eigenvalue weighted by molar-refractivity contribution is 0.102. The average molecular weight is 295 g/mol. The van der Waals surface area contributed by atoms with Crippen molar-refractivity contribution in [2.24, 2.45) is 5.73 Å². The number of aromatic nitrogens is 2. The quantitative estimate of drug-likeness (QED) is 0.758. The lowest BCUT2D eigenvalue weighted by Gasteiger charge is -2.08. The molecule has 0 fully saturated rings. The Hall–Kier alpha value is -1.92. The molecule has 1 heterocycles. The molecular weight excluding hydrogens is 284 g/mol. The van der Waals surface area contributed by atoms with Crippen molar-refractivity contribution < 1.29 is 4.79 Å². The van der Waals surface area contributed by atoms with Gasteiger partial charge in [0.25, 0.3) is 5.91 Å². The lowest BCUT2D eigenvalue weighted by atomic mass is 10.1. The molecule has 4 N–H and O–H groups in total. The van der Waals surface area contributed by atoms with Crippen molar-refractivity contribution in [3.05, 3.63) is 46.1 Å². The molecule has 7 heteroatoms. The number of benzene rings is 1. The molecule has 0 saturated heterocycles. The molecule has 0 saturated carbocycles. The van der Waals surface area contributed by atoms with Crippen LogP contribution in [0.25, 0.3) is 0 Å². The van der Waals surface area contributed by atoms with Crippen LogP contribution in [-0.4, -0.2) is 21.1 Å². The van der Waals surface area contributed by atoms with Gasteiger partial charge >= 0.3 is 0 Å². The molecule has 1 amide bonds. The van der Waals surface area contributed by atoms with Crippen molar-refractivity contribution in [2.45, 2.75) is 6.92 Å². The number of aryl methyl sites for hydroxylation is 1. The number of nitrogens with zero attached hydrogens (tertiary/aromatic N) is 1. The summed E-state index contributed by atoms with van der Waals surface area (Å²) >= 11 is 11.0. The number of nitrogens with one attached hydrogen (secondary N) is 2. The zero-order chi connectivity index (χ0) is 14.0. The van der Waals surface area contributed by atoms with E-state index in [0.29, 0.717) is 22.0 Å². The molecular formula is C12H11ClN4OS. The number of amides is 1. The molecule has 0 bridgehead atoms. The summed E-state index contributed by atoms with van der Waals surface area (Å²) in [5.74, 6) is 0.00511. The standard InChI is InChI=1S/C12H11ClN4OS/c1-6-3-2-4-7(9(6)13)12(18)16-11-8(10(14)19)5-15-17-11/h2-5H,1H3,(H2,14,19)(H2,15,16,17,18). The predicted octanol–water partition coefficient (Wildman–Crippen LogP) is 2.26. The second-order valence-electron chi connectivity index (χ2n) is 3.91. The summed E-state index contributed by atoms with van der Waals surface area (Å²) in [6.45, 7) is 1.83. The molecule has 0 atom stereocenters. The van der Waals surface area contributed by atoms with Gasteiger partial charge in [0.1, 0.15) is 10.8 Å². The number of anilines is 1. The Balaban J connectivity index is 2.29. The summed E-state index contributed by atoms with van der Waals surface area (Å²) < 4.78 is 0. The van der Waals surface area contributed by atoms with Crippen LogP contribution in [0.15, 0.2) is 24.4 Å². The van der Waals surface area contributed by atoms with E-state index in [1.807, 2.05) is 13.0 Å². The van der Waals surface area contributed by atoms with E-state index in [-0.39, 0.29) is 10.9 Å². The summed E-state index contributed by atoms with van der Waals surface area (Å²) in [6.07, 6.45) is 1.45. The molecule has 0 radical (unpaired) electrons. The van der Waals surface area contributed by atoms with Crippen LogP contribution in [0, 0.1) is 6.92 Å². The Morgan fingerprint density at radius 1 is 1.47 bits per heavy atom. The van der Waals surface area contributed by atoms with Gasteiger partial charge < -0.3 is 11.1 Å². The summed E-state index contributed by atoms with van der Waals surface area (Å²) in [5.41, 5.74) is 7.21. The monoisotopic (exact) mass is 294 g/mol. The average Bonchev–Trinajstić information content (AvgIpc) is 2.80. The van der Waals surface area contributed by atoms with Crippen molar-refractivity contribution in [3.63, 3.8) is 0 Å². The molecule has 0 unspecified atom stereocenters. The topological polar surface area (TPSA) is 83.8 Å². The molecule has 2 aromatic rings. The summed E-state index contributed by atoms with van der Waals surface area (Å²) in [4.78, 5) is 12.3. The van der Waals surface area contributed by atoms with Gasteiger partial charge in [0, 0.05) is 0 Å². The first kappa shape index (κ1) is 13.5. The third kappa shape index (κ3) is 2.74. The van der Waals surface area contributed by atoms with Gasteiger partial charge in [0.2, 0.25) is 0 Å². The number of hydrogen-bond donors (Lipinski definition) is 3. The van der Waals surface area contributed by atoms with Gasteiger partial charge in [-0.3, -0.25) is 9.89 Å². The highest BCUT2D eigenvalue weighted by molar-refractivity contribution is 7.80. The smallest absolute Gasteiger partial charge is 0.258 e. The number of aromatic amines is 1. The molecule has 1 aromatic carbocycles. The first-order valence-electron chi connectivity index (χ1n) is 5.40. The van der Waals surface area contributed by atoms with Gasteiger partial charge in [-0.2, -0.15) is 5.10 Å². The van der Waals surface area contributed by atoms with Gasteiger partial charge in [0.05, 0.1) is 22.3 Å². The molecule has 1 aromatic heterocycles. The molecule has 0 aliphatic carbocycles. The van der Waals surface area contributed by atoms with Crippen LogP contribution in [0.1, 0.15) is 21.5 Å². The van der Waals surface area contributed by atoms with Crippen molar-refractivity contribution in [3.8, 4) is 0 Å². The fourth-order valence-corrected chi connectivity index (χ4v) is 1.94. The van der Waals surface area contributed by atoms with Gasteiger partial charge in [-0.15, -0.1) is 0 Å². The number of carbonyl (C=O) groups is 1. The minimum Gasteiger partial charge on any atom is -0.389 e. The van der Waals surface area contributed by atoms with Crippen LogP contribution in [0.4, 0.5) is 5.82 Å². The largest absolute Gasteiger partial charge is 0.389 e. The van der Waals surface area contributed by atoms with E-state index in [0.717, 1.165) is 5.56 Å². The Kier molecular flexibility index (Phi) is 3.82. The van der Waals surface area contributed by atoms with Crippen molar-refractivity contribution >= 4 is 40.5 Å². The molecule has 5 nitrogen and oxygen atoms in total. The second kappa shape index (κ2) is 5.38. The number of H-pyrrole nitrogens is 1. The Bertz CT molecular complexity index is 653. The maximum atomic E-state index is 12.1. The summed E-state index contributed by atoms with van der Waals surface area (Å²) in [6, 6.07) is 5.23. The van der Waals surface area contributed by atoms with Gasteiger partial charge in [0.15, 0.2) is 0 Å². The number of hydrogen-bond acceptors (Lipinski definition) is 3. The van der Waals surface area contributed by atoms with Crippen LogP contribution in [0.2, 0.25) is 5.02 Å². The molecule has 0 aliphatic rings. The minimum absolute atomic E-state index is 0.152. The molecule has 2 rings (SSSR count). The zero-order valence-electron chi connectivity index (χ0n) is 10.0. The fourth-order valence-electron chi connectivity index (χ4n) is 1.57. The van der Waals surface area contributed by atoms with E-state index in [1.54, 1.807) is 12.1 Å². The second-order valence-corrected chi connectivity index (χ2v) is 4.73.